The Morgan fingerprint density at radius 3 is 1.88 bits per heavy atom. The van der Waals surface area contributed by atoms with Crippen molar-refractivity contribution in [2.45, 2.75) is 174 Å². The molecule has 0 aliphatic heterocycles. The summed E-state index contributed by atoms with van der Waals surface area (Å²) < 4.78 is 33.8. The molecule has 11 heteroatoms. The summed E-state index contributed by atoms with van der Waals surface area (Å²) in [5.74, 6) is -0.955. The van der Waals surface area contributed by atoms with E-state index in [4.69, 9.17) is 18.5 Å². The van der Waals surface area contributed by atoms with Crippen LogP contribution in [-0.4, -0.2) is 81.2 Å². The van der Waals surface area contributed by atoms with Crippen LogP contribution in [0.3, 0.4) is 0 Å². The van der Waals surface area contributed by atoms with Gasteiger partial charge in [-0.25, -0.2) is 0 Å². The average molecular weight is 824 g/mol. The van der Waals surface area contributed by atoms with Crippen molar-refractivity contribution in [2.75, 3.05) is 47.5 Å². The van der Waals surface area contributed by atoms with Crippen LogP contribution >= 0.6 is 7.82 Å². The van der Waals surface area contributed by atoms with Gasteiger partial charge in [0.25, 0.3) is 7.82 Å². The van der Waals surface area contributed by atoms with E-state index in [1.54, 1.807) is 6.08 Å². The second-order valence-corrected chi connectivity index (χ2v) is 17.3. The van der Waals surface area contributed by atoms with E-state index in [1.807, 2.05) is 57.6 Å². The largest absolute Gasteiger partial charge is 0.756 e. The number of phosphoric acid groups is 1. The zero-order valence-electron chi connectivity index (χ0n) is 36.6. The fourth-order valence-electron chi connectivity index (χ4n) is 5.54. The van der Waals surface area contributed by atoms with Gasteiger partial charge in [0, 0.05) is 12.8 Å². The van der Waals surface area contributed by atoms with Crippen molar-refractivity contribution in [2.24, 2.45) is 0 Å². The maximum Gasteiger partial charge on any atom is 0.306 e. The quantitative estimate of drug-likeness (QED) is 0.0161. The average Bonchev–Trinajstić information content (AvgIpc) is 3.15. The van der Waals surface area contributed by atoms with Gasteiger partial charge in [-0.2, -0.15) is 0 Å². The highest BCUT2D eigenvalue weighted by Gasteiger charge is 2.21. The number of unbranched alkanes of at least 4 members (excludes halogenated alkanes) is 15. The first-order valence-electron chi connectivity index (χ1n) is 22.1. The van der Waals surface area contributed by atoms with Gasteiger partial charge in [-0.1, -0.05) is 139 Å². The Morgan fingerprint density at radius 1 is 0.649 bits per heavy atom. The lowest BCUT2D eigenvalue weighted by atomic mass is 10.1. The monoisotopic (exact) mass is 824 g/mol. The molecule has 0 amide bonds. The lowest BCUT2D eigenvalue weighted by molar-refractivity contribution is -0.870. The van der Waals surface area contributed by atoms with Gasteiger partial charge in [0.15, 0.2) is 6.10 Å². The first-order valence-corrected chi connectivity index (χ1v) is 23.6. The van der Waals surface area contributed by atoms with Crippen LogP contribution in [0.2, 0.25) is 0 Å². The Bertz CT molecular complexity index is 1170. The third kappa shape index (κ3) is 41.6. The number of hydrogen-bond donors (Lipinski definition) is 1. The molecule has 0 saturated carbocycles. The van der Waals surface area contributed by atoms with Gasteiger partial charge in [0.2, 0.25) is 0 Å². The highest BCUT2D eigenvalue weighted by atomic mass is 31.2. The molecule has 0 radical (unpaired) electrons. The fourth-order valence-corrected chi connectivity index (χ4v) is 6.27. The number of rotatable bonds is 39. The number of aliphatic hydroxyl groups is 1. The zero-order chi connectivity index (χ0) is 42.3. The van der Waals surface area contributed by atoms with Crippen LogP contribution in [0.4, 0.5) is 0 Å². The molecule has 0 saturated heterocycles. The van der Waals surface area contributed by atoms with E-state index in [2.05, 4.69) is 32.1 Å². The number of phosphoric ester groups is 1. The predicted molar refractivity (Wildman–Crippen MR) is 232 cm³/mol. The van der Waals surface area contributed by atoms with Gasteiger partial charge >= 0.3 is 11.9 Å². The van der Waals surface area contributed by atoms with E-state index in [1.165, 1.54) is 64.2 Å². The summed E-state index contributed by atoms with van der Waals surface area (Å²) in [6, 6.07) is 0. The maximum atomic E-state index is 12.7. The van der Waals surface area contributed by atoms with Crippen molar-refractivity contribution in [1.82, 2.24) is 0 Å². The molecule has 0 aromatic carbocycles. The number of allylic oxidation sites excluding steroid dienone is 8. The minimum Gasteiger partial charge on any atom is -0.756 e. The summed E-state index contributed by atoms with van der Waals surface area (Å²) in [4.78, 5) is 37.5. The van der Waals surface area contributed by atoms with Crippen molar-refractivity contribution in [3.8, 4) is 0 Å². The Morgan fingerprint density at radius 2 is 1.19 bits per heavy atom. The van der Waals surface area contributed by atoms with Crippen molar-refractivity contribution >= 4 is 19.8 Å². The Kier molecular flexibility index (Phi) is 36.4. The third-order valence-electron chi connectivity index (χ3n) is 9.09. The van der Waals surface area contributed by atoms with Gasteiger partial charge < -0.3 is 33.0 Å². The van der Waals surface area contributed by atoms with Crippen LogP contribution in [0.25, 0.3) is 0 Å². The van der Waals surface area contributed by atoms with Gasteiger partial charge in [0.1, 0.15) is 19.8 Å². The molecule has 0 aliphatic carbocycles. The highest BCUT2D eigenvalue weighted by molar-refractivity contribution is 7.45. The van der Waals surface area contributed by atoms with Crippen LogP contribution in [-0.2, 0) is 32.7 Å². The molecule has 0 fully saturated rings. The molecule has 57 heavy (non-hydrogen) atoms. The number of carbonyl (C=O) groups excluding carboxylic acids is 2. The number of likely N-dealkylation sites (N-methyl/N-ethyl adjacent to an activating group) is 1. The molecule has 0 aromatic heterocycles. The molecule has 3 atom stereocenters. The van der Waals surface area contributed by atoms with Crippen LogP contribution in [0.5, 0.6) is 0 Å². The first-order chi connectivity index (χ1) is 27.4. The number of hydrogen-bond acceptors (Lipinski definition) is 9. The molecule has 0 bridgehead atoms. The molecule has 0 aliphatic rings. The molecule has 0 spiro atoms. The predicted octanol–water partition coefficient (Wildman–Crippen LogP) is 10.8. The zero-order valence-corrected chi connectivity index (χ0v) is 37.5. The number of aliphatic hydroxyl groups excluding tert-OH is 1. The van der Waals surface area contributed by atoms with Crippen molar-refractivity contribution in [3.63, 3.8) is 0 Å². The second kappa shape index (κ2) is 37.9. The Hall–Kier alpha value is -2.33. The van der Waals surface area contributed by atoms with Gasteiger partial charge in [-0.05, 0) is 70.6 Å². The molecule has 1 N–H and O–H groups in total. The summed E-state index contributed by atoms with van der Waals surface area (Å²) in [7, 11) is 1.08. The Balaban J connectivity index is 4.54. The maximum absolute atomic E-state index is 12.7. The molecular weight excluding hydrogens is 741 g/mol. The summed E-state index contributed by atoms with van der Waals surface area (Å²) in [6.07, 6.45) is 41.3. The lowest BCUT2D eigenvalue weighted by Crippen LogP contribution is -2.37. The normalized spacial score (nSPS) is 14.7. The summed E-state index contributed by atoms with van der Waals surface area (Å²) >= 11 is 0. The Labute approximate surface area is 348 Å². The number of quaternary nitrogens is 1. The van der Waals surface area contributed by atoms with Gasteiger partial charge in [0.05, 0.1) is 33.9 Å². The van der Waals surface area contributed by atoms with E-state index in [-0.39, 0.29) is 26.1 Å². The molecule has 0 rings (SSSR count). The molecular formula is C46H82NO9P. The van der Waals surface area contributed by atoms with E-state index >= 15 is 0 Å². The number of nitrogens with zero attached hydrogens (tertiary/aromatic N) is 1. The van der Waals surface area contributed by atoms with E-state index in [0.29, 0.717) is 43.1 Å². The molecule has 10 nitrogen and oxygen atoms in total. The smallest absolute Gasteiger partial charge is 0.306 e. The highest BCUT2D eigenvalue weighted by Crippen LogP contribution is 2.38. The second-order valence-electron chi connectivity index (χ2n) is 15.9. The SMILES string of the molecule is CCCCC/C=C\C=C/[C@H](O)C/C=C\C/C=C/CCCC(=O)O[C@H](COC(=O)CCCCCCC/C=C\CCCCCCCC)COP(=O)([O-])OCC[N+](C)(C)C. The van der Waals surface area contributed by atoms with Crippen molar-refractivity contribution in [1.29, 1.82) is 0 Å². The van der Waals surface area contributed by atoms with Crippen LogP contribution in [0.1, 0.15) is 162 Å². The topological polar surface area (TPSA) is 131 Å². The minimum absolute atomic E-state index is 0.0561. The van der Waals surface area contributed by atoms with Crippen molar-refractivity contribution in [3.05, 3.63) is 60.8 Å². The first kappa shape index (κ1) is 54.7. The molecule has 0 aromatic rings. The lowest BCUT2D eigenvalue weighted by Gasteiger charge is -2.28. The van der Waals surface area contributed by atoms with E-state index in [0.717, 1.165) is 38.5 Å². The molecule has 0 heterocycles. The van der Waals surface area contributed by atoms with Crippen LogP contribution in [0, 0.1) is 0 Å². The molecule has 330 valence electrons. The standard InChI is InChI=1S/C46H82NO9P/c1-6-8-10-12-14-15-16-17-18-19-20-21-25-29-33-37-45(49)53-41-44(42-55-57(51,52)54-40-39-47(3,4)5)56-46(50)38-34-30-26-22-24-28-32-36-43(48)35-31-27-23-13-11-9-7-2/h17-18,22-23,26-28,31-32,35,43-44,48H,6-16,19-21,24-25,29-30,33-34,36-42H2,1-5H3/b18-17-,26-22+,27-23-,32-28-,35-31-/t43-,44+/m0/s1. The third-order valence-corrected chi connectivity index (χ3v) is 10.1. The minimum atomic E-state index is -4.66. The number of carbonyl (C=O) groups is 2. The van der Waals surface area contributed by atoms with E-state index in [9.17, 15) is 24.2 Å². The molecule has 1 unspecified atom stereocenters. The van der Waals surface area contributed by atoms with Crippen molar-refractivity contribution < 1.29 is 47.2 Å². The van der Waals surface area contributed by atoms with Gasteiger partial charge in [-0.15, -0.1) is 0 Å². The van der Waals surface area contributed by atoms with Gasteiger partial charge in [-0.3, -0.25) is 14.2 Å². The van der Waals surface area contributed by atoms with Crippen LogP contribution < -0.4 is 4.89 Å². The summed E-state index contributed by atoms with van der Waals surface area (Å²) in [6.45, 7) is 4.01. The number of esters is 2. The fraction of sp³-hybridized carbons (Fsp3) is 0.739. The van der Waals surface area contributed by atoms with E-state index < -0.39 is 38.6 Å². The summed E-state index contributed by atoms with van der Waals surface area (Å²) in [5, 5.41) is 10.1. The summed E-state index contributed by atoms with van der Waals surface area (Å²) in [5.41, 5.74) is 0. The van der Waals surface area contributed by atoms with Crippen LogP contribution in [0.15, 0.2) is 60.8 Å². The number of ether oxygens (including phenoxy) is 2.